The number of rotatable bonds is 6. The lowest BCUT2D eigenvalue weighted by Crippen LogP contribution is -2.33. The van der Waals surface area contributed by atoms with E-state index in [2.05, 4.69) is 17.3 Å². The van der Waals surface area contributed by atoms with Gasteiger partial charge in [0.25, 0.3) is 0 Å². The Kier molecular flexibility index (Phi) is 5.07. The van der Waals surface area contributed by atoms with Crippen LogP contribution in [0.4, 0.5) is 11.4 Å². The first kappa shape index (κ1) is 15.6. The molecule has 4 N–H and O–H groups in total. The lowest BCUT2D eigenvalue weighted by molar-refractivity contribution is 0.0698. The highest BCUT2D eigenvalue weighted by Crippen LogP contribution is 2.24. The van der Waals surface area contributed by atoms with Crippen LogP contribution in [0, 0.1) is 6.92 Å². The fourth-order valence-electron chi connectivity index (χ4n) is 2.98. The second kappa shape index (κ2) is 6.80. The van der Waals surface area contributed by atoms with Crippen molar-refractivity contribution in [3.63, 3.8) is 0 Å². The van der Waals surface area contributed by atoms with Crippen LogP contribution in [0.5, 0.6) is 0 Å². The zero-order valence-electron chi connectivity index (χ0n) is 12.9. The van der Waals surface area contributed by atoms with E-state index in [1.54, 1.807) is 6.07 Å². The molecular weight excluding hydrogens is 266 g/mol. The number of hydrogen-bond donors (Lipinski definition) is 3. The van der Waals surface area contributed by atoms with E-state index in [0.717, 1.165) is 24.3 Å². The molecule has 2 rings (SSSR count). The van der Waals surface area contributed by atoms with E-state index in [-0.39, 0.29) is 5.56 Å². The minimum absolute atomic E-state index is 0.168. The van der Waals surface area contributed by atoms with E-state index in [4.69, 9.17) is 10.8 Å². The molecule has 0 saturated heterocycles. The maximum Gasteiger partial charge on any atom is 0.337 e. The molecule has 1 aromatic rings. The van der Waals surface area contributed by atoms with Gasteiger partial charge in [-0.3, -0.25) is 0 Å². The molecular formula is C16H25N3O2. The van der Waals surface area contributed by atoms with E-state index in [9.17, 15) is 4.79 Å². The van der Waals surface area contributed by atoms with Gasteiger partial charge in [-0.1, -0.05) is 12.8 Å². The van der Waals surface area contributed by atoms with Crippen molar-refractivity contribution in [1.29, 1.82) is 0 Å². The quantitative estimate of drug-likeness (QED) is 0.702. The van der Waals surface area contributed by atoms with Crippen molar-refractivity contribution in [1.82, 2.24) is 4.90 Å². The van der Waals surface area contributed by atoms with E-state index < -0.39 is 5.97 Å². The van der Waals surface area contributed by atoms with Crippen LogP contribution in [0.15, 0.2) is 12.1 Å². The monoisotopic (exact) mass is 291 g/mol. The smallest absolute Gasteiger partial charge is 0.337 e. The average Bonchev–Trinajstić information content (AvgIpc) is 2.96. The topological polar surface area (TPSA) is 78.6 Å². The lowest BCUT2D eigenvalue weighted by Gasteiger charge is -2.24. The zero-order valence-corrected chi connectivity index (χ0v) is 12.9. The predicted molar refractivity (Wildman–Crippen MR) is 85.9 cm³/mol. The number of hydrogen-bond acceptors (Lipinski definition) is 4. The summed E-state index contributed by atoms with van der Waals surface area (Å²) in [5.74, 6) is -0.984. The summed E-state index contributed by atoms with van der Waals surface area (Å²) in [7, 11) is 2.16. The van der Waals surface area contributed by atoms with Crippen LogP contribution in [0.25, 0.3) is 0 Å². The number of nitrogens with one attached hydrogen (secondary N) is 1. The fraction of sp³-hybridized carbons (Fsp3) is 0.562. The third-order valence-corrected chi connectivity index (χ3v) is 4.36. The zero-order chi connectivity index (χ0) is 15.4. The highest BCUT2D eigenvalue weighted by Gasteiger charge is 2.19. The number of anilines is 2. The molecule has 0 amide bonds. The molecule has 1 aliphatic carbocycles. The summed E-state index contributed by atoms with van der Waals surface area (Å²) in [6.07, 6.45) is 5.25. The van der Waals surface area contributed by atoms with E-state index in [0.29, 0.717) is 11.7 Å². The number of nitrogen functional groups attached to an aromatic ring is 1. The van der Waals surface area contributed by atoms with Crippen LogP contribution >= 0.6 is 0 Å². The maximum absolute atomic E-state index is 11.2. The van der Waals surface area contributed by atoms with Gasteiger partial charge in [0, 0.05) is 30.5 Å². The van der Waals surface area contributed by atoms with Gasteiger partial charge in [-0.2, -0.15) is 0 Å². The summed E-state index contributed by atoms with van der Waals surface area (Å²) < 4.78 is 0. The largest absolute Gasteiger partial charge is 0.478 e. The van der Waals surface area contributed by atoms with Gasteiger partial charge < -0.3 is 21.1 Å². The predicted octanol–water partition coefficient (Wildman–Crippen LogP) is 2.56. The van der Waals surface area contributed by atoms with Crippen molar-refractivity contribution >= 4 is 17.3 Å². The standard InChI is InChI=1S/C16H25N3O2/c1-11-9-12(10-14(15(11)17)16(20)21)18-7-8-19(2)13-5-3-4-6-13/h9-10,13,18H,3-8,17H2,1-2H3,(H,20,21). The van der Waals surface area contributed by atoms with Crippen LogP contribution in [-0.4, -0.2) is 42.2 Å². The van der Waals surface area contributed by atoms with Gasteiger partial charge in [0.15, 0.2) is 0 Å². The Morgan fingerprint density at radius 2 is 2.10 bits per heavy atom. The average molecular weight is 291 g/mol. The van der Waals surface area contributed by atoms with Gasteiger partial charge in [0.1, 0.15) is 0 Å². The third kappa shape index (κ3) is 3.88. The van der Waals surface area contributed by atoms with Crippen molar-refractivity contribution in [2.45, 2.75) is 38.6 Å². The third-order valence-electron chi connectivity index (χ3n) is 4.36. The second-order valence-corrected chi connectivity index (χ2v) is 5.91. The van der Waals surface area contributed by atoms with Gasteiger partial charge in [-0.15, -0.1) is 0 Å². The Morgan fingerprint density at radius 1 is 1.43 bits per heavy atom. The van der Waals surface area contributed by atoms with Crippen LogP contribution in [0.1, 0.15) is 41.6 Å². The number of carboxylic acids is 1. The maximum atomic E-state index is 11.2. The highest BCUT2D eigenvalue weighted by molar-refractivity contribution is 5.95. The number of likely N-dealkylation sites (N-methyl/N-ethyl adjacent to an activating group) is 1. The molecule has 0 aromatic heterocycles. The number of benzene rings is 1. The molecule has 1 saturated carbocycles. The molecule has 0 spiro atoms. The Balaban J connectivity index is 1.92. The normalized spacial score (nSPS) is 15.6. The van der Waals surface area contributed by atoms with Crippen LogP contribution < -0.4 is 11.1 Å². The van der Waals surface area contributed by atoms with Gasteiger partial charge in [-0.25, -0.2) is 4.79 Å². The number of carboxylic acid groups (broad SMARTS) is 1. The van der Waals surface area contributed by atoms with E-state index in [1.807, 2.05) is 13.0 Å². The SMILES string of the molecule is Cc1cc(NCCN(C)C2CCCC2)cc(C(=O)O)c1N. The van der Waals surface area contributed by atoms with Crippen molar-refractivity contribution in [3.05, 3.63) is 23.3 Å². The fourth-order valence-corrected chi connectivity index (χ4v) is 2.98. The summed E-state index contributed by atoms with van der Waals surface area (Å²) in [6, 6.07) is 4.21. The Hall–Kier alpha value is -1.75. The molecule has 1 aliphatic rings. The number of aryl methyl sites for hydroxylation is 1. The highest BCUT2D eigenvalue weighted by atomic mass is 16.4. The summed E-state index contributed by atoms with van der Waals surface area (Å²) in [5.41, 5.74) is 7.92. The first-order chi connectivity index (χ1) is 9.99. The lowest BCUT2D eigenvalue weighted by atomic mass is 10.1. The molecule has 5 nitrogen and oxygen atoms in total. The number of nitrogens with zero attached hydrogens (tertiary/aromatic N) is 1. The first-order valence-electron chi connectivity index (χ1n) is 7.56. The molecule has 1 aromatic carbocycles. The molecule has 0 radical (unpaired) electrons. The second-order valence-electron chi connectivity index (χ2n) is 5.91. The molecule has 0 aliphatic heterocycles. The summed E-state index contributed by atoms with van der Waals surface area (Å²) >= 11 is 0. The molecule has 21 heavy (non-hydrogen) atoms. The number of carbonyl (C=O) groups is 1. The Labute approximate surface area is 126 Å². The molecule has 0 atom stereocenters. The minimum atomic E-state index is -0.984. The Morgan fingerprint density at radius 3 is 2.71 bits per heavy atom. The van der Waals surface area contributed by atoms with Crippen molar-refractivity contribution in [2.24, 2.45) is 0 Å². The molecule has 116 valence electrons. The van der Waals surface area contributed by atoms with Crippen LogP contribution in [-0.2, 0) is 0 Å². The van der Waals surface area contributed by atoms with Crippen molar-refractivity contribution in [2.75, 3.05) is 31.2 Å². The minimum Gasteiger partial charge on any atom is -0.478 e. The Bertz CT molecular complexity index is 510. The molecule has 0 bridgehead atoms. The number of nitrogens with two attached hydrogens (primary N) is 1. The number of aromatic carboxylic acids is 1. The van der Waals surface area contributed by atoms with Crippen LogP contribution in [0.2, 0.25) is 0 Å². The molecule has 1 fully saturated rings. The van der Waals surface area contributed by atoms with Crippen molar-refractivity contribution < 1.29 is 9.90 Å². The molecule has 5 heteroatoms. The van der Waals surface area contributed by atoms with Crippen LogP contribution in [0.3, 0.4) is 0 Å². The molecule has 0 heterocycles. The van der Waals surface area contributed by atoms with Gasteiger partial charge in [-0.05, 0) is 44.5 Å². The summed E-state index contributed by atoms with van der Waals surface area (Å²) in [4.78, 5) is 13.6. The first-order valence-corrected chi connectivity index (χ1v) is 7.56. The van der Waals surface area contributed by atoms with E-state index >= 15 is 0 Å². The van der Waals surface area contributed by atoms with Gasteiger partial charge in [0.2, 0.25) is 0 Å². The molecule has 0 unspecified atom stereocenters. The van der Waals surface area contributed by atoms with E-state index in [1.165, 1.54) is 25.7 Å². The summed E-state index contributed by atoms with van der Waals surface area (Å²) in [5, 5.41) is 12.5. The van der Waals surface area contributed by atoms with Gasteiger partial charge >= 0.3 is 5.97 Å². The van der Waals surface area contributed by atoms with Crippen molar-refractivity contribution in [3.8, 4) is 0 Å². The van der Waals surface area contributed by atoms with Gasteiger partial charge in [0.05, 0.1) is 5.56 Å². The summed E-state index contributed by atoms with van der Waals surface area (Å²) in [6.45, 7) is 3.59.